The number of hydrogen-bond donors (Lipinski definition) is 1. The standard InChI is InChI=1S/C25H24N4O4/c26-14-18-12-17(2-3-23(18)32-20-5-10-31-11-6-20)21-4-7-27-22-13-24(33-25(21)22)19-15-28-29(16-19)8-1-9-30/h2-4,7,12-13,15-16,20,30H,1,5-6,8-11H2. The first-order chi connectivity index (χ1) is 16.2. The number of hydrogen-bond acceptors (Lipinski definition) is 7. The Labute approximate surface area is 191 Å². The summed E-state index contributed by atoms with van der Waals surface area (Å²) in [7, 11) is 0. The zero-order valence-corrected chi connectivity index (χ0v) is 18.1. The molecule has 0 unspecified atom stereocenters. The van der Waals surface area contributed by atoms with Crippen LogP contribution in [-0.2, 0) is 11.3 Å². The van der Waals surface area contributed by atoms with E-state index in [0.717, 1.165) is 35.0 Å². The first-order valence-corrected chi connectivity index (χ1v) is 11.1. The first-order valence-electron chi connectivity index (χ1n) is 11.1. The number of fused-ring (bicyclic) bond motifs is 1. The number of aryl methyl sites for hydroxylation is 1. The Morgan fingerprint density at radius 3 is 2.88 bits per heavy atom. The van der Waals surface area contributed by atoms with Gasteiger partial charge in [0.1, 0.15) is 29.2 Å². The molecule has 1 fully saturated rings. The van der Waals surface area contributed by atoms with Gasteiger partial charge in [0, 0.05) is 50.0 Å². The van der Waals surface area contributed by atoms with Crippen LogP contribution in [0.15, 0.2) is 53.3 Å². The van der Waals surface area contributed by atoms with Gasteiger partial charge in [0.25, 0.3) is 0 Å². The quantitative estimate of drug-likeness (QED) is 0.456. The van der Waals surface area contributed by atoms with Crippen LogP contribution in [0.2, 0.25) is 0 Å². The van der Waals surface area contributed by atoms with Crippen molar-refractivity contribution in [1.82, 2.24) is 14.8 Å². The molecule has 4 heterocycles. The number of aliphatic hydroxyl groups is 1. The third kappa shape index (κ3) is 4.46. The molecule has 0 spiro atoms. The molecule has 1 saturated heterocycles. The fourth-order valence-corrected chi connectivity index (χ4v) is 4.01. The molecule has 4 aromatic rings. The highest BCUT2D eigenvalue weighted by atomic mass is 16.5. The molecular formula is C25H24N4O4. The first kappa shape index (κ1) is 21.2. The second-order valence-corrected chi connectivity index (χ2v) is 8.01. The maximum Gasteiger partial charge on any atom is 0.161 e. The van der Waals surface area contributed by atoms with Crippen LogP contribution >= 0.6 is 0 Å². The van der Waals surface area contributed by atoms with Crippen LogP contribution in [-0.4, -0.2) is 45.8 Å². The normalized spacial score (nSPS) is 14.4. The lowest BCUT2D eigenvalue weighted by atomic mass is 10.0. The summed E-state index contributed by atoms with van der Waals surface area (Å²) in [6.45, 7) is 2.12. The van der Waals surface area contributed by atoms with Gasteiger partial charge in [-0.1, -0.05) is 6.07 Å². The molecule has 0 amide bonds. The topological polar surface area (TPSA) is 106 Å². The molecule has 5 rings (SSSR count). The highest BCUT2D eigenvalue weighted by molar-refractivity contribution is 5.92. The van der Waals surface area contributed by atoms with Gasteiger partial charge in [0.05, 0.1) is 30.5 Å². The SMILES string of the molecule is N#Cc1cc(-c2ccnc3cc(-c4cnn(CCCO)c4)oc23)ccc1OC1CCOCC1. The maximum atomic E-state index is 9.73. The van der Waals surface area contributed by atoms with Gasteiger partial charge in [-0.05, 0) is 30.2 Å². The summed E-state index contributed by atoms with van der Waals surface area (Å²) in [4.78, 5) is 4.45. The van der Waals surface area contributed by atoms with E-state index in [1.54, 1.807) is 17.1 Å². The smallest absolute Gasteiger partial charge is 0.161 e. The summed E-state index contributed by atoms with van der Waals surface area (Å²) in [6.07, 6.45) is 7.72. The summed E-state index contributed by atoms with van der Waals surface area (Å²) >= 11 is 0. The number of nitrogens with zero attached hydrogens (tertiary/aromatic N) is 4. The van der Waals surface area contributed by atoms with Gasteiger partial charge in [-0.3, -0.25) is 9.67 Å². The number of benzene rings is 1. The largest absolute Gasteiger partial charge is 0.489 e. The van der Waals surface area contributed by atoms with Gasteiger partial charge in [-0.25, -0.2) is 0 Å². The third-order valence-electron chi connectivity index (χ3n) is 5.75. The Morgan fingerprint density at radius 1 is 1.18 bits per heavy atom. The Kier molecular flexibility index (Phi) is 6.07. The molecule has 0 aliphatic carbocycles. The van der Waals surface area contributed by atoms with Crippen LogP contribution in [0.25, 0.3) is 33.6 Å². The zero-order valence-electron chi connectivity index (χ0n) is 18.1. The van der Waals surface area contributed by atoms with Crippen molar-refractivity contribution in [3.63, 3.8) is 0 Å². The van der Waals surface area contributed by atoms with Gasteiger partial charge in [0.15, 0.2) is 5.58 Å². The lowest BCUT2D eigenvalue weighted by Crippen LogP contribution is -2.26. The molecule has 168 valence electrons. The maximum absolute atomic E-state index is 9.73. The van der Waals surface area contributed by atoms with E-state index in [1.165, 1.54) is 0 Å². The Morgan fingerprint density at radius 2 is 2.06 bits per heavy atom. The molecule has 0 atom stereocenters. The molecule has 1 aliphatic rings. The summed E-state index contributed by atoms with van der Waals surface area (Å²) in [5.41, 5.74) is 4.42. The Balaban J connectivity index is 1.46. The Hall–Kier alpha value is -3.67. The van der Waals surface area contributed by atoms with Crippen LogP contribution in [0.4, 0.5) is 0 Å². The number of nitriles is 1. The van der Waals surface area contributed by atoms with Gasteiger partial charge in [-0.2, -0.15) is 10.4 Å². The van der Waals surface area contributed by atoms with Crippen molar-refractivity contribution in [2.45, 2.75) is 31.9 Å². The molecule has 8 nitrogen and oxygen atoms in total. The number of aromatic nitrogens is 3. The van der Waals surface area contributed by atoms with Crippen molar-refractivity contribution in [3.8, 4) is 34.3 Å². The van der Waals surface area contributed by atoms with Gasteiger partial charge < -0.3 is 19.0 Å². The van der Waals surface area contributed by atoms with E-state index < -0.39 is 0 Å². The molecule has 0 radical (unpaired) electrons. The van der Waals surface area contributed by atoms with Crippen molar-refractivity contribution in [2.75, 3.05) is 19.8 Å². The van der Waals surface area contributed by atoms with Crippen molar-refractivity contribution in [1.29, 1.82) is 5.26 Å². The molecule has 1 aliphatic heterocycles. The predicted molar refractivity (Wildman–Crippen MR) is 122 cm³/mol. The van der Waals surface area contributed by atoms with Crippen LogP contribution in [0.1, 0.15) is 24.8 Å². The van der Waals surface area contributed by atoms with E-state index in [-0.39, 0.29) is 12.7 Å². The van der Waals surface area contributed by atoms with Gasteiger partial charge in [0.2, 0.25) is 0 Å². The summed E-state index contributed by atoms with van der Waals surface area (Å²) in [5.74, 6) is 1.26. The van der Waals surface area contributed by atoms with Crippen molar-refractivity contribution < 1.29 is 19.0 Å². The number of pyridine rings is 1. The average molecular weight is 444 g/mol. The summed E-state index contributed by atoms with van der Waals surface area (Å²) in [6, 6.07) is 11.7. The van der Waals surface area contributed by atoms with Crippen LogP contribution < -0.4 is 4.74 Å². The number of aliphatic hydroxyl groups excluding tert-OH is 1. The lowest BCUT2D eigenvalue weighted by Gasteiger charge is -2.23. The molecule has 0 bridgehead atoms. The number of furan rings is 1. The van der Waals surface area contributed by atoms with Crippen molar-refractivity contribution in [3.05, 3.63) is 54.5 Å². The zero-order chi connectivity index (χ0) is 22.6. The second kappa shape index (κ2) is 9.45. The molecule has 1 N–H and O–H groups in total. The fourth-order valence-electron chi connectivity index (χ4n) is 4.01. The Bertz CT molecular complexity index is 1300. The van der Waals surface area contributed by atoms with Crippen LogP contribution in [0.3, 0.4) is 0 Å². The van der Waals surface area contributed by atoms with E-state index in [2.05, 4.69) is 16.2 Å². The number of ether oxygens (including phenoxy) is 2. The fraction of sp³-hybridized carbons (Fsp3) is 0.320. The molecule has 33 heavy (non-hydrogen) atoms. The molecule has 1 aromatic carbocycles. The summed E-state index contributed by atoms with van der Waals surface area (Å²) < 4.78 is 19.4. The highest BCUT2D eigenvalue weighted by Gasteiger charge is 2.19. The monoisotopic (exact) mass is 444 g/mol. The molecule has 8 heteroatoms. The van der Waals surface area contributed by atoms with E-state index >= 15 is 0 Å². The van der Waals surface area contributed by atoms with Gasteiger partial charge in [-0.15, -0.1) is 0 Å². The third-order valence-corrected chi connectivity index (χ3v) is 5.75. The van der Waals surface area contributed by atoms with E-state index in [4.69, 9.17) is 19.0 Å². The highest BCUT2D eigenvalue weighted by Crippen LogP contribution is 2.35. The number of rotatable bonds is 7. The van der Waals surface area contributed by atoms with E-state index in [9.17, 15) is 5.26 Å². The minimum absolute atomic E-state index is 0.0651. The average Bonchev–Trinajstić information content (AvgIpc) is 3.50. The lowest BCUT2D eigenvalue weighted by molar-refractivity contribution is 0.0254. The van der Waals surface area contributed by atoms with E-state index in [0.29, 0.717) is 48.8 Å². The van der Waals surface area contributed by atoms with Crippen molar-refractivity contribution in [2.24, 2.45) is 0 Å². The molecule has 0 saturated carbocycles. The van der Waals surface area contributed by atoms with Crippen LogP contribution in [0, 0.1) is 11.3 Å². The molecule has 3 aromatic heterocycles. The molecular weight excluding hydrogens is 420 g/mol. The second-order valence-electron chi connectivity index (χ2n) is 8.01. The van der Waals surface area contributed by atoms with E-state index in [1.807, 2.05) is 36.5 Å². The summed E-state index contributed by atoms with van der Waals surface area (Å²) in [5, 5.41) is 23.1. The minimum atomic E-state index is 0.0651. The van der Waals surface area contributed by atoms with Crippen molar-refractivity contribution >= 4 is 11.1 Å². The van der Waals surface area contributed by atoms with Crippen LogP contribution in [0.5, 0.6) is 5.75 Å². The predicted octanol–water partition coefficient (Wildman–Crippen LogP) is 4.17. The minimum Gasteiger partial charge on any atom is -0.489 e. The van der Waals surface area contributed by atoms with Gasteiger partial charge >= 0.3 is 0 Å².